The Morgan fingerprint density at radius 3 is 2.83 bits per heavy atom. The largest absolute Gasteiger partial charge is 0.397 e. The number of amides is 1. The normalized spacial score (nSPS) is 15.3. The highest BCUT2D eigenvalue weighted by atomic mass is 16.5. The Morgan fingerprint density at radius 2 is 2.13 bits per heavy atom. The average Bonchev–Trinajstić information content (AvgIpc) is 2.57. The van der Waals surface area contributed by atoms with E-state index in [1.807, 2.05) is 6.07 Å². The quantitative estimate of drug-likeness (QED) is 0.474. The summed E-state index contributed by atoms with van der Waals surface area (Å²) in [5.74, 6) is -0.103. The van der Waals surface area contributed by atoms with Crippen LogP contribution in [0.4, 0.5) is 11.4 Å². The number of nitrogens with two attached hydrogens (primary N) is 1. The van der Waals surface area contributed by atoms with E-state index >= 15 is 0 Å². The summed E-state index contributed by atoms with van der Waals surface area (Å²) >= 11 is 0. The van der Waals surface area contributed by atoms with Crippen LogP contribution >= 0.6 is 0 Å². The van der Waals surface area contributed by atoms with Gasteiger partial charge >= 0.3 is 0 Å². The number of nitrogens with zero attached hydrogens (tertiary/aromatic N) is 1. The fraction of sp³-hybridized carbons (Fsp3) is 0.562. The molecule has 1 aromatic rings. The highest BCUT2D eigenvalue weighted by molar-refractivity contribution is 5.96. The molecule has 1 aliphatic rings. The molecule has 0 aliphatic carbocycles. The molecule has 1 amide bonds. The van der Waals surface area contributed by atoms with Crippen molar-refractivity contribution in [2.75, 3.05) is 70.7 Å². The molecule has 4 N–H and O–H groups in total. The number of ether oxygens (including phenoxy) is 2. The van der Waals surface area contributed by atoms with Gasteiger partial charge in [0.2, 0.25) is 0 Å². The number of morpholine rings is 1. The molecule has 1 saturated heterocycles. The summed E-state index contributed by atoms with van der Waals surface area (Å²) in [5.41, 5.74) is 7.92. The maximum atomic E-state index is 12.2. The molecule has 23 heavy (non-hydrogen) atoms. The van der Waals surface area contributed by atoms with Crippen LogP contribution in [0.1, 0.15) is 10.4 Å². The second-order valence-corrected chi connectivity index (χ2v) is 5.43. The summed E-state index contributed by atoms with van der Waals surface area (Å²) in [5, 5.41) is 6.09. The van der Waals surface area contributed by atoms with E-state index in [1.165, 1.54) is 0 Å². The summed E-state index contributed by atoms with van der Waals surface area (Å²) in [6, 6.07) is 5.29. The summed E-state index contributed by atoms with van der Waals surface area (Å²) in [7, 11) is 1.65. The second kappa shape index (κ2) is 9.34. The van der Waals surface area contributed by atoms with Crippen molar-refractivity contribution in [1.29, 1.82) is 0 Å². The molecule has 7 nitrogen and oxygen atoms in total. The first-order valence-electron chi connectivity index (χ1n) is 7.91. The molecule has 1 aromatic carbocycles. The van der Waals surface area contributed by atoms with Gasteiger partial charge in [-0.2, -0.15) is 0 Å². The molecule has 1 heterocycles. The van der Waals surface area contributed by atoms with Gasteiger partial charge in [-0.1, -0.05) is 0 Å². The lowest BCUT2D eigenvalue weighted by atomic mass is 10.1. The van der Waals surface area contributed by atoms with E-state index in [1.54, 1.807) is 19.2 Å². The lowest BCUT2D eigenvalue weighted by Gasteiger charge is -2.26. The van der Waals surface area contributed by atoms with Crippen LogP contribution in [0, 0.1) is 0 Å². The minimum Gasteiger partial charge on any atom is -0.397 e. The van der Waals surface area contributed by atoms with E-state index in [2.05, 4.69) is 15.5 Å². The summed E-state index contributed by atoms with van der Waals surface area (Å²) in [4.78, 5) is 14.4. The highest BCUT2D eigenvalue weighted by Gasteiger charge is 2.11. The monoisotopic (exact) mass is 322 g/mol. The van der Waals surface area contributed by atoms with Gasteiger partial charge in [-0.05, 0) is 18.2 Å². The van der Waals surface area contributed by atoms with E-state index in [0.29, 0.717) is 30.9 Å². The molecule has 0 atom stereocenters. The molecule has 7 heteroatoms. The summed E-state index contributed by atoms with van der Waals surface area (Å²) in [6.07, 6.45) is 0. The lowest BCUT2D eigenvalue weighted by Crippen LogP contribution is -2.41. The molecule has 128 valence electrons. The van der Waals surface area contributed by atoms with E-state index in [-0.39, 0.29) is 5.91 Å². The van der Waals surface area contributed by atoms with E-state index in [9.17, 15) is 4.79 Å². The summed E-state index contributed by atoms with van der Waals surface area (Å²) in [6.45, 7) is 6.10. The van der Waals surface area contributed by atoms with Crippen LogP contribution in [0.5, 0.6) is 0 Å². The van der Waals surface area contributed by atoms with Crippen LogP contribution in [0.3, 0.4) is 0 Å². The van der Waals surface area contributed by atoms with E-state index < -0.39 is 0 Å². The van der Waals surface area contributed by atoms with Crippen molar-refractivity contribution in [2.45, 2.75) is 0 Å². The van der Waals surface area contributed by atoms with E-state index in [0.717, 1.165) is 38.5 Å². The molecule has 0 radical (unpaired) electrons. The average molecular weight is 322 g/mol. The van der Waals surface area contributed by atoms with Crippen molar-refractivity contribution in [3.63, 3.8) is 0 Å². The van der Waals surface area contributed by atoms with Crippen molar-refractivity contribution in [2.24, 2.45) is 0 Å². The third-order valence-corrected chi connectivity index (χ3v) is 3.75. The standard InChI is InChI=1S/C16H26N4O3/c1-22-9-5-18-15-3-2-13(12-14(15)17)16(21)19-4-6-20-7-10-23-11-8-20/h2-3,12,18H,4-11,17H2,1H3,(H,19,21). The van der Waals surface area contributed by atoms with Crippen molar-refractivity contribution in [3.8, 4) is 0 Å². The number of nitrogen functional groups attached to an aromatic ring is 1. The van der Waals surface area contributed by atoms with Gasteiger partial charge in [-0.3, -0.25) is 9.69 Å². The Labute approximate surface area is 137 Å². The van der Waals surface area contributed by atoms with Crippen molar-refractivity contribution in [1.82, 2.24) is 10.2 Å². The van der Waals surface area contributed by atoms with Gasteiger partial charge in [0.25, 0.3) is 5.91 Å². The highest BCUT2D eigenvalue weighted by Crippen LogP contribution is 2.19. The smallest absolute Gasteiger partial charge is 0.251 e. The number of methoxy groups -OCH3 is 1. The van der Waals surface area contributed by atoms with Gasteiger partial charge in [0, 0.05) is 45.4 Å². The van der Waals surface area contributed by atoms with Gasteiger partial charge in [-0.25, -0.2) is 0 Å². The number of carbonyl (C=O) groups excluding carboxylic acids is 1. The van der Waals surface area contributed by atoms with Crippen molar-refractivity contribution in [3.05, 3.63) is 23.8 Å². The molecule has 0 unspecified atom stereocenters. The lowest BCUT2D eigenvalue weighted by molar-refractivity contribution is 0.0383. The Balaban J connectivity index is 1.78. The van der Waals surface area contributed by atoms with Gasteiger partial charge in [0.1, 0.15) is 0 Å². The van der Waals surface area contributed by atoms with Crippen LogP contribution in [0.15, 0.2) is 18.2 Å². The first kappa shape index (κ1) is 17.5. The molecule has 1 aliphatic heterocycles. The molecule has 2 rings (SSSR count). The maximum absolute atomic E-state index is 12.2. The first-order chi connectivity index (χ1) is 11.2. The minimum atomic E-state index is -0.103. The molecule has 0 aromatic heterocycles. The third kappa shape index (κ3) is 5.70. The third-order valence-electron chi connectivity index (χ3n) is 3.75. The Hall–Kier alpha value is -1.83. The molecule has 0 spiro atoms. The van der Waals surface area contributed by atoms with Crippen LogP contribution in [-0.2, 0) is 9.47 Å². The van der Waals surface area contributed by atoms with Crippen LogP contribution in [0.2, 0.25) is 0 Å². The zero-order chi connectivity index (χ0) is 16.5. The summed E-state index contributed by atoms with van der Waals surface area (Å²) < 4.78 is 10.3. The Bertz CT molecular complexity index is 504. The number of carbonyl (C=O) groups is 1. The predicted octanol–water partition coefficient (Wildman–Crippen LogP) is 0.389. The molecular formula is C16H26N4O3. The van der Waals surface area contributed by atoms with Crippen LogP contribution in [-0.4, -0.2) is 70.5 Å². The SMILES string of the molecule is COCCNc1ccc(C(=O)NCCN2CCOCC2)cc1N. The van der Waals surface area contributed by atoms with Gasteiger partial charge in [-0.15, -0.1) is 0 Å². The number of benzene rings is 1. The van der Waals surface area contributed by atoms with Crippen molar-refractivity contribution < 1.29 is 14.3 Å². The second-order valence-electron chi connectivity index (χ2n) is 5.43. The van der Waals surface area contributed by atoms with Gasteiger partial charge in [0.15, 0.2) is 0 Å². The number of nitrogens with one attached hydrogen (secondary N) is 2. The molecule has 0 bridgehead atoms. The molecular weight excluding hydrogens is 296 g/mol. The van der Waals surface area contributed by atoms with Crippen LogP contribution in [0.25, 0.3) is 0 Å². The van der Waals surface area contributed by atoms with E-state index in [4.69, 9.17) is 15.2 Å². The maximum Gasteiger partial charge on any atom is 0.251 e. The zero-order valence-electron chi connectivity index (χ0n) is 13.6. The molecule has 1 fully saturated rings. The number of hydrogen-bond acceptors (Lipinski definition) is 6. The predicted molar refractivity (Wildman–Crippen MR) is 90.8 cm³/mol. The van der Waals surface area contributed by atoms with Gasteiger partial charge < -0.3 is 25.8 Å². The van der Waals surface area contributed by atoms with Gasteiger partial charge in [0.05, 0.1) is 31.2 Å². The number of rotatable bonds is 8. The number of anilines is 2. The molecule has 0 saturated carbocycles. The topological polar surface area (TPSA) is 88.8 Å². The zero-order valence-corrected chi connectivity index (χ0v) is 13.6. The fourth-order valence-corrected chi connectivity index (χ4v) is 2.41. The first-order valence-corrected chi connectivity index (χ1v) is 7.91. The number of hydrogen-bond donors (Lipinski definition) is 3. The minimum absolute atomic E-state index is 0.103. The Morgan fingerprint density at radius 1 is 1.35 bits per heavy atom. The van der Waals surface area contributed by atoms with Crippen LogP contribution < -0.4 is 16.4 Å². The fourth-order valence-electron chi connectivity index (χ4n) is 2.41. The Kier molecular flexibility index (Phi) is 7.12. The van der Waals surface area contributed by atoms with Crippen molar-refractivity contribution >= 4 is 17.3 Å².